The molecule has 0 saturated carbocycles. The highest BCUT2D eigenvalue weighted by molar-refractivity contribution is 7.99. The fourth-order valence-electron chi connectivity index (χ4n) is 5.04. The molecule has 2 aromatic heterocycles. The van der Waals surface area contributed by atoms with Crippen LogP contribution in [-0.4, -0.2) is 36.8 Å². The average Bonchev–Trinajstić information content (AvgIpc) is 3.29. The molecular weight excluding hydrogens is 617 g/mol. The van der Waals surface area contributed by atoms with Crippen molar-refractivity contribution in [2.24, 2.45) is 0 Å². The van der Waals surface area contributed by atoms with Gasteiger partial charge in [-0.2, -0.15) is 0 Å². The van der Waals surface area contributed by atoms with E-state index in [2.05, 4.69) is 14.9 Å². The van der Waals surface area contributed by atoms with Gasteiger partial charge in [-0.1, -0.05) is 65.3 Å². The van der Waals surface area contributed by atoms with E-state index in [0.29, 0.717) is 45.0 Å². The van der Waals surface area contributed by atoms with Crippen LogP contribution in [0.5, 0.6) is 17.2 Å². The Morgan fingerprint density at radius 1 is 0.886 bits per heavy atom. The second-order valence-electron chi connectivity index (χ2n) is 9.85. The van der Waals surface area contributed by atoms with Crippen LogP contribution in [0.1, 0.15) is 27.2 Å². The van der Waals surface area contributed by atoms with Gasteiger partial charge in [0.15, 0.2) is 0 Å². The van der Waals surface area contributed by atoms with Crippen LogP contribution in [-0.2, 0) is 13.1 Å². The third-order valence-corrected chi connectivity index (χ3v) is 8.67. The van der Waals surface area contributed by atoms with E-state index in [-0.39, 0.29) is 12.5 Å². The van der Waals surface area contributed by atoms with Crippen LogP contribution in [0.3, 0.4) is 0 Å². The number of halogens is 2. The molecule has 0 unspecified atom stereocenters. The number of aromatic nitrogens is 2. The first-order valence-corrected chi connectivity index (χ1v) is 15.3. The van der Waals surface area contributed by atoms with E-state index < -0.39 is 0 Å². The van der Waals surface area contributed by atoms with Gasteiger partial charge in [-0.25, -0.2) is 0 Å². The summed E-state index contributed by atoms with van der Waals surface area (Å²) in [6.07, 6.45) is 3.53. The van der Waals surface area contributed by atoms with Crippen molar-refractivity contribution in [3.05, 3.63) is 118 Å². The van der Waals surface area contributed by atoms with Crippen LogP contribution >= 0.6 is 35.0 Å². The van der Waals surface area contributed by atoms with E-state index in [9.17, 15) is 4.79 Å². The standard InChI is InChI=1S/C34H31Cl2N3O4S/c1-21-31(33(40)38-19-28-29(42-3)17-26(41-2)18-30(28)43-4)32(23-8-6-5-7-9-23)34(39(21)20-22-10-12-37-13-11-22)44-27-15-24(35)14-25(36)16-27/h5-18H,19-20H2,1-4H3,(H,38,40). The van der Waals surface area contributed by atoms with Crippen LogP contribution in [0.25, 0.3) is 11.1 Å². The van der Waals surface area contributed by atoms with Gasteiger partial charge in [-0.3, -0.25) is 9.78 Å². The largest absolute Gasteiger partial charge is 0.496 e. The summed E-state index contributed by atoms with van der Waals surface area (Å²) in [6.45, 7) is 2.66. The van der Waals surface area contributed by atoms with Crippen molar-refractivity contribution < 1.29 is 19.0 Å². The maximum absolute atomic E-state index is 14.2. The maximum Gasteiger partial charge on any atom is 0.254 e. The third kappa shape index (κ3) is 6.83. The van der Waals surface area contributed by atoms with Crippen LogP contribution in [0.4, 0.5) is 0 Å². The molecule has 0 atom stereocenters. The Kier molecular flexibility index (Phi) is 10.0. The molecule has 0 spiro atoms. The first-order valence-electron chi connectivity index (χ1n) is 13.7. The summed E-state index contributed by atoms with van der Waals surface area (Å²) >= 11 is 14.3. The molecule has 0 aliphatic carbocycles. The first kappa shape index (κ1) is 31.3. The highest BCUT2D eigenvalue weighted by atomic mass is 35.5. The lowest BCUT2D eigenvalue weighted by atomic mass is 10.0. The zero-order valence-electron chi connectivity index (χ0n) is 24.7. The number of hydrogen-bond donors (Lipinski definition) is 1. The SMILES string of the molecule is COc1cc(OC)c(CNC(=O)c2c(-c3ccccc3)c(Sc3cc(Cl)cc(Cl)c3)n(Cc3ccncc3)c2C)c(OC)c1. The first-order chi connectivity index (χ1) is 21.3. The van der Waals surface area contributed by atoms with E-state index in [1.807, 2.05) is 61.5 Å². The van der Waals surface area contributed by atoms with Crippen molar-refractivity contribution in [1.82, 2.24) is 14.9 Å². The molecule has 0 aliphatic rings. The summed E-state index contributed by atoms with van der Waals surface area (Å²) < 4.78 is 18.8. The van der Waals surface area contributed by atoms with E-state index >= 15 is 0 Å². The Balaban J connectivity index is 1.64. The second-order valence-corrected chi connectivity index (χ2v) is 11.8. The molecule has 44 heavy (non-hydrogen) atoms. The van der Waals surface area contributed by atoms with Gasteiger partial charge in [-0.05, 0) is 48.4 Å². The smallest absolute Gasteiger partial charge is 0.254 e. The molecule has 0 bridgehead atoms. The third-order valence-electron chi connectivity index (χ3n) is 7.15. The molecule has 10 heteroatoms. The molecule has 1 N–H and O–H groups in total. The monoisotopic (exact) mass is 647 g/mol. The van der Waals surface area contributed by atoms with Gasteiger partial charge in [0.05, 0.1) is 44.0 Å². The van der Waals surface area contributed by atoms with Gasteiger partial charge >= 0.3 is 0 Å². The van der Waals surface area contributed by atoms with Crippen LogP contribution in [0.15, 0.2) is 95.1 Å². The molecule has 5 rings (SSSR count). The van der Waals surface area contributed by atoms with Crippen molar-refractivity contribution in [3.63, 3.8) is 0 Å². The second kappa shape index (κ2) is 14.1. The average molecular weight is 649 g/mol. The molecule has 0 fully saturated rings. The normalized spacial score (nSPS) is 10.9. The Hall–Kier alpha value is -4.11. The number of nitrogens with zero attached hydrogens (tertiary/aromatic N) is 2. The van der Waals surface area contributed by atoms with Gasteiger partial charge in [0.1, 0.15) is 17.2 Å². The minimum absolute atomic E-state index is 0.171. The molecule has 3 aromatic carbocycles. The summed E-state index contributed by atoms with van der Waals surface area (Å²) in [6, 6.07) is 22.8. The number of rotatable bonds is 11. The summed E-state index contributed by atoms with van der Waals surface area (Å²) in [5, 5.41) is 5.07. The lowest BCUT2D eigenvalue weighted by Crippen LogP contribution is -2.24. The van der Waals surface area contributed by atoms with E-state index in [4.69, 9.17) is 37.4 Å². The quantitative estimate of drug-likeness (QED) is 0.155. The van der Waals surface area contributed by atoms with Crippen LogP contribution < -0.4 is 19.5 Å². The zero-order valence-corrected chi connectivity index (χ0v) is 27.0. The molecule has 2 heterocycles. The maximum atomic E-state index is 14.2. The lowest BCUT2D eigenvalue weighted by molar-refractivity contribution is 0.0950. The fourth-order valence-corrected chi connectivity index (χ4v) is 6.92. The molecule has 0 radical (unpaired) electrons. The van der Waals surface area contributed by atoms with Crippen LogP contribution in [0.2, 0.25) is 10.0 Å². The number of amides is 1. The number of methoxy groups -OCH3 is 3. The molecule has 0 saturated heterocycles. The number of carbonyl (C=O) groups excluding carboxylic acids is 1. The minimum atomic E-state index is -0.235. The van der Waals surface area contributed by atoms with Crippen molar-refractivity contribution in [2.75, 3.05) is 21.3 Å². The van der Waals surface area contributed by atoms with Crippen molar-refractivity contribution in [2.45, 2.75) is 29.9 Å². The Morgan fingerprint density at radius 2 is 1.52 bits per heavy atom. The number of ether oxygens (including phenoxy) is 3. The molecule has 226 valence electrons. The molecular formula is C34H31Cl2N3O4S. The summed E-state index contributed by atoms with van der Waals surface area (Å²) in [7, 11) is 4.72. The Labute approximate surface area is 271 Å². The number of hydrogen-bond acceptors (Lipinski definition) is 6. The van der Waals surface area contributed by atoms with Crippen molar-refractivity contribution in [1.29, 1.82) is 0 Å². The topological polar surface area (TPSA) is 74.6 Å². The Morgan fingerprint density at radius 3 is 2.11 bits per heavy atom. The van der Waals surface area contributed by atoms with Crippen LogP contribution in [0, 0.1) is 6.92 Å². The van der Waals surface area contributed by atoms with Gasteiger partial charge in [0, 0.05) is 57.3 Å². The zero-order chi connectivity index (χ0) is 31.2. The fraction of sp³-hybridized carbons (Fsp3) is 0.176. The Bertz CT molecular complexity index is 1730. The number of carbonyl (C=O) groups is 1. The molecule has 7 nitrogen and oxygen atoms in total. The number of nitrogens with one attached hydrogen (secondary N) is 1. The van der Waals surface area contributed by atoms with Gasteiger partial charge in [0.2, 0.25) is 0 Å². The summed E-state index contributed by atoms with van der Waals surface area (Å²) in [5.41, 5.74) is 4.83. The number of pyridine rings is 1. The highest BCUT2D eigenvalue weighted by Crippen LogP contribution is 2.43. The highest BCUT2D eigenvalue weighted by Gasteiger charge is 2.28. The molecule has 1 amide bonds. The van der Waals surface area contributed by atoms with E-state index in [1.54, 1.807) is 51.9 Å². The molecule has 0 aliphatic heterocycles. The minimum Gasteiger partial charge on any atom is -0.496 e. The van der Waals surface area contributed by atoms with Crippen molar-refractivity contribution in [3.8, 4) is 28.4 Å². The lowest BCUT2D eigenvalue weighted by Gasteiger charge is -2.16. The van der Waals surface area contributed by atoms with Gasteiger partial charge < -0.3 is 24.1 Å². The van der Waals surface area contributed by atoms with E-state index in [1.165, 1.54) is 11.8 Å². The predicted molar refractivity (Wildman–Crippen MR) is 176 cm³/mol. The van der Waals surface area contributed by atoms with E-state index in [0.717, 1.165) is 32.3 Å². The van der Waals surface area contributed by atoms with Gasteiger partial charge in [0.25, 0.3) is 5.91 Å². The molecule has 5 aromatic rings. The summed E-state index contributed by atoms with van der Waals surface area (Å²) in [4.78, 5) is 19.3. The number of benzene rings is 3. The van der Waals surface area contributed by atoms with Gasteiger partial charge in [-0.15, -0.1) is 0 Å². The predicted octanol–water partition coefficient (Wildman–Crippen LogP) is 8.32. The summed E-state index contributed by atoms with van der Waals surface area (Å²) in [5.74, 6) is 1.45. The van der Waals surface area contributed by atoms with Crippen molar-refractivity contribution >= 4 is 40.9 Å².